The second-order valence-electron chi connectivity index (χ2n) is 4.08. The molecule has 0 spiro atoms. The van der Waals surface area contributed by atoms with Gasteiger partial charge in [-0.1, -0.05) is 31.5 Å². The van der Waals surface area contributed by atoms with E-state index in [9.17, 15) is 4.79 Å². The predicted molar refractivity (Wildman–Crippen MR) is 66.4 cm³/mol. The van der Waals surface area contributed by atoms with Crippen molar-refractivity contribution >= 4 is 23.3 Å². The van der Waals surface area contributed by atoms with Crippen molar-refractivity contribution in [3.63, 3.8) is 0 Å². The third-order valence-corrected chi connectivity index (χ3v) is 2.58. The molecular weight excluding hydrogens is 226 g/mol. The molecule has 0 heterocycles. The highest BCUT2D eigenvalue weighted by atomic mass is 35.5. The summed E-state index contributed by atoms with van der Waals surface area (Å²) in [5.41, 5.74) is 0.730. The maximum absolute atomic E-state index is 11.0. The van der Waals surface area contributed by atoms with Crippen LogP contribution in [0.1, 0.15) is 30.6 Å². The van der Waals surface area contributed by atoms with E-state index in [1.54, 1.807) is 18.2 Å². The zero-order chi connectivity index (χ0) is 12.1. The van der Waals surface area contributed by atoms with E-state index in [1.807, 2.05) is 0 Å². The lowest BCUT2D eigenvalue weighted by molar-refractivity contribution is 0.0698. The third kappa shape index (κ3) is 3.42. The van der Waals surface area contributed by atoms with Gasteiger partial charge < -0.3 is 10.4 Å². The van der Waals surface area contributed by atoms with Gasteiger partial charge in [0.2, 0.25) is 0 Å². The average Bonchev–Trinajstić information content (AvgIpc) is 2.16. The lowest BCUT2D eigenvalue weighted by Gasteiger charge is -2.11. The average molecular weight is 242 g/mol. The summed E-state index contributed by atoms with van der Waals surface area (Å²) in [6, 6.07) is 5.06. The monoisotopic (exact) mass is 241 g/mol. The van der Waals surface area contributed by atoms with Gasteiger partial charge in [0.15, 0.2) is 0 Å². The van der Waals surface area contributed by atoms with E-state index in [2.05, 4.69) is 19.2 Å². The van der Waals surface area contributed by atoms with Crippen LogP contribution in [-0.2, 0) is 0 Å². The third-order valence-electron chi connectivity index (χ3n) is 2.26. The lowest BCUT2D eigenvalue weighted by atomic mass is 10.1. The van der Waals surface area contributed by atoms with E-state index in [1.165, 1.54) is 0 Å². The number of benzene rings is 1. The number of hydrogen-bond donors (Lipinski definition) is 2. The number of rotatable bonds is 5. The van der Waals surface area contributed by atoms with Crippen LogP contribution in [0.3, 0.4) is 0 Å². The van der Waals surface area contributed by atoms with Crippen LogP contribution in [-0.4, -0.2) is 17.6 Å². The Balaban J connectivity index is 2.79. The fourth-order valence-electron chi connectivity index (χ4n) is 1.38. The zero-order valence-corrected chi connectivity index (χ0v) is 10.2. The van der Waals surface area contributed by atoms with Crippen molar-refractivity contribution in [2.45, 2.75) is 20.3 Å². The van der Waals surface area contributed by atoms with Gasteiger partial charge in [-0.25, -0.2) is 4.79 Å². The van der Waals surface area contributed by atoms with Crippen LogP contribution in [0.4, 0.5) is 5.69 Å². The maximum Gasteiger partial charge on any atom is 0.339 e. The minimum absolute atomic E-state index is 0.146. The number of hydrogen-bond acceptors (Lipinski definition) is 2. The van der Waals surface area contributed by atoms with Crippen molar-refractivity contribution in [1.29, 1.82) is 0 Å². The van der Waals surface area contributed by atoms with Gasteiger partial charge in [-0.15, -0.1) is 0 Å². The van der Waals surface area contributed by atoms with Crippen LogP contribution >= 0.6 is 11.6 Å². The molecule has 16 heavy (non-hydrogen) atoms. The molecule has 0 bridgehead atoms. The Kier molecular flexibility index (Phi) is 4.62. The molecule has 0 fully saturated rings. The van der Waals surface area contributed by atoms with Gasteiger partial charge in [0.25, 0.3) is 0 Å². The molecule has 4 heteroatoms. The first-order chi connectivity index (χ1) is 7.52. The fourth-order valence-corrected chi connectivity index (χ4v) is 1.64. The molecule has 1 aromatic rings. The van der Waals surface area contributed by atoms with Crippen LogP contribution in [0.15, 0.2) is 18.2 Å². The summed E-state index contributed by atoms with van der Waals surface area (Å²) in [6.45, 7) is 4.99. The van der Waals surface area contributed by atoms with E-state index >= 15 is 0 Å². The normalized spacial score (nSPS) is 10.5. The van der Waals surface area contributed by atoms with Crippen molar-refractivity contribution in [3.05, 3.63) is 28.8 Å². The minimum Gasteiger partial charge on any atom is -0.478 e. The molecule has 0 saturated heterocycles. The standard InChI is InChI=1S/C12H16ClNO2/c1-8(2)6-7-14-10-5-3-4-9(13)11(10)12(15)16/h3-5,8,14H,6-7H2,1-2H3,(H,15,16). The molecule has 1 rings (SSSR count). The van der Waals surface area contributed by atoms with Crippen LogP contribution in [0, 0.1) is 5.92 Å². The molecule has 0 amide bonds. The van der Waals surface area contributed by atoms with Crippen LogP contribution < -0.4 is 5.32 Å². The smallest absolute Gasteiger partial charge is 0.339 e. The molecule has 0 saturated carbocycles. The number of nitrogens with one attached hydrogen (secondary N) is 1. The van der Waals surface area contributed by atoms with E-state index < -0.39 is 5.97 Å². The Labute approximate surface area is 100 Å². The molecular formula is C12H16ClNO2. The van der Waals surface area contributed by atoms with Crippen LogP contribution in [0.2, 0.25) is 5.02 Å². The summed E-state index contributed by atoms with van der Waals surface area (Å²) in [7, 11) is 0. The van der Waals surface area contributed by atoms with Gasteiger partial charge in [-0.2, -0.15) is 0 Å². The van der Waals surface area contributed by atoms with Gasteiger partial charge >= 0.3 is 5.97 Å². The van der Waals surface area contributed by atoms with Crippen molar-refractivity contribution < 1.29 is 9.90 Å². The molecule has 1 aromatic carbocycles. The van der Waals surface area contributed by atoms with Crippen LogP contribution in [0.5, 0.6) is 0 Å². The van der Waals surface area contributed by atoms with Crippen molar-refractivity contribution in [2.75, 3.05) is 11.9 Å². The number of carbonyl (C=O) groups is 1. The molecule has 2 N–H and O–H groups in total. The van der Waals surface area contributed by atoms with E-state index in [4.69, 9.17) is 16.7 Å². The molecule has 0 atom stereocenters. The summed E-state index contributed by atoms with van der Waals surface area (Å²) in [5, 5.41) is 12.4. The van der Waals surface area contributed by atoms with Gasteiger partial charge in [0.1, 0.15) is 5.56 Å². The van der Waals surface area contributed by atoms with Gasteiger partial charge in [0.05, 0.1) is 10.7 Å². The second-order valence-corrected chi connectivity index (χ2v) is 4.48. The quantitative estimate of drug-likeness (QED) is 0.830. The zero-order valence-electron chi connectivity index (χ0n) is 9.46. The molecule has 0 aliphatic rings. The first-order valence-electron chi connectivity index (χ1n) is 5.28. The summed E-state index contributed by atoms with van der Waals surface area (Å²) in [6.07, 6.45) is 0.992. The largest absolute Gasteiger partial charge is 0.478 e. The fraction of sp³-hybridized carbons (Fsp3) is 0.417. The van der Waals surface area contributed by atoms with Crippen molar-refractivity contribution in [3.8, 4) is 0 Å². The number of halogens is 1. The Morgan fingerprint density at radius 3 is 2.75 bits per heavy atom. The molecule has 3 nitrogen and oxygen atoms in total. The number of carboxylic acid groups (broad SMARTS) is 1. The summed E-state index contributed by atoms with van der Waals surface area (Å²) >= 11 is 5.85. The molecule has 0 aromatic heterocycles. The molecule has 0 aliphatic carbocycles. The van der Waals surface area contributed by atoms with Gasteiger partial charge in [-0.05, 0) is 24.5 Å². The van der Waals surface area contributed by atoms with E-state index in [-0.39, 0.29) is 10.6 Å². The number of anilines is 1. The summed E-state index contributed by atoms with van der Waals surface area (Å²) < 4.78 is 0. The first-order valence-corrected chi connectivity index (χ1v) is 5.66. The molecule has 88 valence electrons. The maximum atomic E-state index is 11.0. The summed E-state index contributed by atoms with van der Waals surface area (Å²) in [5.74, 6) is -0.419. The summed E-state index contributed by atoms with van der Waals surface area (Å²) in [4.78, 5) is 11.0. The highest BCUT2D eigenvalue weighted by molar-refractivity contribution is 6.34. The van der Waals surface area contributed by atoms with Crippen LogP contribution in [0.25, 0.3) is 0 Å². The molecule has 0 aliphatic heterocycles. The predicted octanol–water partition coefficient (Wildman–Crippen LogP) is 3.50. The van der Waals surface area contributed by atoms with E-state index in [0.29, 0.717) is 11.6 Å². The Morgan fingerprint density at radius 1 is 1.50 bits per heavy atom. The Hall–Kier alpha value is -1.22. The Bertz CT molecular complexity index is 377. The van der Waals surface area contributed by atoms with Gasteiger partial charge in [-0.3, -0.25) is 0 Å². The second kappa shape index (κ2) is 5.75. The highest BCUT2D eigenvalue weighted by Gasteiger charge is 2.13. The SMILES string of the molecule is CC(C)CCNc1cccc(Cl)c1C(=O)O. The highest BCUT2D eigenvalue weighted by Crippen LogP contribution is 2.24. The van der Waals surface area contributed by atoms with E-state index in [0.717, 1.165) is 13.0 Å². The molecule has 0 radical (unpaired) electrons. The van der Waals surface area contributed by atoms with Gasteiger partial charge in [0, 0.05) is 6.54 Å². The minimum atomic E-state index is -1.00. The van der Waals surface area contributed by atoms with Crippen molar-refractivity contribution in [1.82, 2.24) is 0 Å². The van der Waals surface area contributed by atoms with Crippen molar-refractivity contribution in [2.24, 2.45) is 5.92 Å². The number of aromatic carboxylic acids is 1. The molecule has 0 unspecified atom stereocenters. The first kappa shape index (κ1) is 12.8. The number of carboxylic acids is 1. The lowest BCUT2D eigenvalue weighted by Crippen LogP contribution is -2.09. The Morgan fingerprint density at radius 2 is 2.19 bits per heavy atom. The topological polar surface area (TPSA) is 49.3 Å².